The molecule has 4 heteroatoms. The topological polar surface area (TPSA) is 37.4 Å². The van der Waals surface area contributed by atoms with Crippen LogP contribution in [0.5, 0.6) is 0 Å². The van der Waals surface area contributed by atoms with E-state index in [2.05, 4.69) is 0 Å². The number of nitrogens with zero attached hydrogens (tertiary/aromatic N) is 1. The van der Waals surface area contributed by atoms with Gasteiger partial charge in [0.25, 0.3) is 0 Å². The predicted octanol–water partition coefficient (Wildman–Crippen LogP) is 4.87. The molecule has 1 saturated heterocycles. The van der Waals surface area contributed by atoms with E-state index >= 15 is 0 Å². The molecule has 0 N–H and O–H groups in total. The van der Waals surface area contributed by atoms with Gasteiger partial charge in [-0.3, -0.25) is 0 Å². The summed E-state index contributed by atoms with van der Waals surface area (Å²) in [6, 6.07) is 26.6. The van der Waals surface area contributed by atoms with Gasteiger partial charge in [-0.15, -0.1) is 0 Å². The van der Waals surface area contributed by atoms with Crippen LogP contribution in [0.15, 0.2) is 89.8 Å². The van der Waals surface area contributed by atoms with Crippen LogP contribution >= 0.6 is 0 Å². The molecule has 1 heterocycles. The maximum Gasteiger partial charge on any atom is 0.244 e. The Labute approximate surface area is 155 Å². The standard InChI is InChI=1S/C22H21NO2S/c1-17-12-14-20(15-13-17)26(24,25)23-21(18-8-4-2-5-9-18)16-22(23)19-10-6-3-7-11-19/h2-15,21-22H,16H2,1H3/t21-,22-/m1/s1. The zero-order valence-electron chi connectivity index (χ0n) is 14.6. The Bertz CT molecular complexity index is 938. The molecule has 1 aliphatic heterocycles. The summed E-state index contributed by atoms with van der Waals surface area (Å²) in [5.41, 5.74) is 3.12. The number of sulfonamides is 1. The van der Waals surface area contributed by atoms with Crippen molar-refractivity contribution in [3.63, 3.8) is 0 Å². The maximum absolute atomic E-state index is 13.4. The normalized spacial score (nSPS) is 20.5. The molecular weight excluding hydrogens is 342 g/mol. The first-order valence-corrected chi connectivity index (χ1v) is 10.2. The minimum Gasteiger partial charge on any atom is -0.207 e. The van der Waals surface area contributed by atoms with Crippen molar-refractivity contribution >= 4 is 10.0 Å². The molecule has 0 unspecified atom stereocenters. The summed E-state index contributed by atoms with van der Waals surface area (Å²) in [6.07, 6.45) is 0.791. The minimum absolute atomic E-state index is 0.132. The van der Waals surface area contributed by atoms with E-state index in [4.69, 9.17) is 0 Å². The predicted molar refractivity (Wildman–Crippen MR) is 103 cm³/mol. The monoisotopic (exact) mass is 363 g/mol. The molecular formula is C22H21NO2S. The molecule has 26 heavy (non-hydrogen) atoms. The van der Waals surface area contributed by atoms with Gasteiger partial charge in [-0.1, -0.05) is 78.4 Å². The van der Waals surface area contributed by atoms with Gasteiger partial charge < -0.3 is 0 Å². The Morgan fingerprint density at radius 2 is 1.19 bits per heavy atom. The van der Waals surface area contributed by atoms with Crippen molar-refractivity contribution in [2.75, 3.05) is 0 Å². The van der Waals surface area contributed by atoms with Gasteiger partial charge in [0.1, 0.15) is 0 Å². The maximum atomic E-state index is 13.4. The highest BCUT2D eigenvalue weighted by Gasteiger charge is 2.47. The van der Waals surface area contributed by atoms with Gasteiger partial charge in [-0.05, 0) is 36.6 Å². The average Bonchev–Trinajstić information content (AvgIpc) is 2.63. The van der Waals surface area contributed by atoms with E-state index in [9.17, 15) is 8.42 Å². The number of hydrogen-bond donors (Lipinski definition) is 0. The molecule has 3 aromatic carbocycles. The van der Waals surface area contributed by atoms with E-state index < -0.39 is 10.0 Å². The molecule has 0 amide bonds. The molecule has 0 aromatic heterocycles. The number of hydrogen-bond acceptors (Lipinski definition) is 2. The van der Waals surface area contributed by atoms with Crippen LogP contribution in [0.3, 0.4) is 0 Å². The van der Waals surface area contributed by atoms with E-state index in [0.29, 0.717) is 4.90 Å². The number of benzene rings is 3. The minimum atomic E-state index is -3.58. The zero-order valence-corrected chi connectivity index (χ0v) is 15.4. The summed E-state index contributed by atoms with van der Waals surface area (Å²) < 4.78 is 28.5. The van der Waals surface area contributed by atoms with Gasteiger partial charge in [0.05, 0.1) is 17.0 Å². The second-order valence-electron chi connectivity index (χ2n) is 6.74. The summed E-state index contributed by atoms with van der Waals surface area (Å²) in [5.74, 6) is 0. The van der Waals surface area contributed by atoms with Crippen molar-refractivity contribution in [2.24, 2.45) is 0 Å². The molecule has 0 radical (unpaired) electrons. The van der Waals surface area contributed by atoms with Crippen LogP contribution in [0.1, 0.15) is 35.2 Å². The molecule has 1 aliphatic rings. The fraction of sp³-hybridized carbons (Fsp3) is 0.182. The van der Waals surface area contributed by atoms with Crippen molar-refractivity contribution in [2.45, 2.75) is 30.3 Å². The lowest BCUT2D eigenvalue weighted by Crippen LogP contribution is -2.47. The lowest BCUT2D eigenvalue weighted by atomic mass is 9.86. The summed E-state index contributed by atoms with van der Waals surface area (Å²) in [7, 11) is -3.58. The molecule has 0 saturated carbocycles. The largest absolute Gasteiger partial charge is 0.244 e. The van der Waals surface area contributed by atoms with Gasteiger partial charge in [0.2, 0.25) is 10.0 Å². The van der Waals surface area contributed by atoms with Crippen molar-refractivity contribution in [3.05, 3.63) is 102 Å². The Balaban J connectivity index is 1.77. The summed E-state index contributed by atoms with van der Waals surface area (Å²) in [4.78, 5) is 0.352. The third kappa shape index (κ3) is 2.96. The van der Waals surface area contributed by atoms with Gasteiger partial charge >= 0.3 is 0 Å². The zero-order chi connectivity index (χ0) is 18.1. The van der Waals surface area contributed by atoms with Crippen LogP contribution in [-0.2, 0) is 10.0 Å². The highest BCUT2D eigenvalue weighted by Crippen LogP contribution is 2.50. The fourth-order valence-electron chi connectivity index (χ4n) is 3.58. The first-order valence-electron chi connectivity index (χ1n) is 8.77. The van der Waals surface area contributed by atoms with Gasteiger partial charge in [-0.25, -0.2) is 8.42 Å². The lowest BCUT2D eigenvalue weighted by Gasteiger charge is -2.47. The highest BCUT2D eigenvalue weighted by atomic mass is 32.2. The first kappa shape index (κ1) is 17.0. The highest BCUT2D eigenvalue weighted by molar-refractivity contribution is 7.89. The number of rotatable bonds is 4. The van der Waals surface area contributed by atoms with Crippen molar-refractivity contribution in [3.8, 4) is 0 Å². The van der Waals surface area contributed by atoms with Crippen LogP contribution in [0.4, 0.5) is 0 Å². The first-order chi connectivity index (χ1) is 12.6. The van der Waals surface area contributed by atoms with E-state index in [0.717, 1.165) is 23.1 Å². The van der Waals surface area contributed by atoms with Gasteiger partial charge in [0.15, 0.2) is 0 Å². The van der Waals surface area contributed by atoms with E-state index in [-0.39, 0.29) is 12.1 Å². The van der Waals surface area contributed by atoms with Crippen LogP contribution in [0.2, 0.25) is 0 Å². The molecule has 2 atom stereocenters. The average molecular weight is 363 g/mol. The smallest absolute Gasteiger partial charge is 0.207 e. The van der Waals surface area contributed by atoms with Crippen LogP contribution in [0, 0.1) is 6.92 Å². The molecule has 3 nitrogen and oxygen atoms in total. The summed E-state index contributed by atoms with van der Waals surface area (Å²) in [6.45, 7) is 1.96. The molecule has 132 valence electrons. The number of aryl methyl sites for hydroxylation is 1. The Morgan fingerprint density at radius 1 is 0.731 bits per heavy atom. The second kappa shape index (κ2) is 6.71. The molecule has 0 bridgehead atoms. The van der Waals surface area contributed by atoms with Gasteiger partial charge in [0, 0.05) is 0 Å². The van der Waals surface area contributed by atoms with Crippen molar-refractivity contribution < 1.29 is 8.42 Å². The molecule has 4 rings (SSSR count). The third-order valence-electron chi connectivity index (χ3n) is 5.03. The summed E-state index contributed by atoms with van der Waals surface area (Å²) in [5, 5.41) is 0. The summed E-state index contributed by atoms with van der Waals surface area (Å²) >= 11 is 0. The van der Waals surface area contributed by atoms with Crippen molar-refractivity contribution in [1.29, 1.82) is 0 Å². The molecule has 0 spiro atoms. The van der Waals surface area contributed by atoms with Crippen LogP contribution in [0.25, 0.3) is 0 Å². The fourth-order valence-corrected chi connectivity index (χ4v) is 5.39. The molecule has 1 fully saturated rings. The SMILES string of the molecule is Cc1ccc(S(=O)(=O)N2[C@@H](c3ccccc3)C[C@@H]2c2ccccc2)cc1. The molecule has 3 aromatic rings. The lowest BCUT2D eigenvalue weighted by molar-refractivity contribution is 0.111. The Kier molecular flexibility index (Phi) is 4.39. The quantitative estimate of drug-likeness (QED) is 0.663. The third-order valence-corrected chi connectivity index (χ3v) is 6.96. The Morgan fingerprint density at radius 3 is 1.65 bits per heavy atom. The van der Waals surface area contributed by atoms with Crippen LogP contribution in [-0.4, -0.2) is 12.7 Å². The van der Waals surface area contributed by atoms with E-state index in [1.807, 2.05) is 79.7 Å². The van der Waals surface area contributed by atoms with E-state index in [1.54, 1.807) is 16.4 Å². The second-order valence-corrected chi connectivity index (χ2v) is 8.58. The van der Waals surface area contributed by atoms with Gasteiger partial charge in [-0.2, -0.15) is 4.31 Å². The Hall–Kier alpha value is -2.43. The van der Waals surface area contributed by atoms with E-state index in [1.165, 1.54) is 0 Å². The van der Waals surface area contributed by atoms with Crippen LogP contribution < -0.4 is 0 Å². The van der Waals surface area contributed by atoms with Crippen molar-refractivity contribution in [1.82, 2.24) is 4.31 Å². The molecule has 0 aliphatic carbocycles.